The number of nitrogens with one attached hydrogen (secondary N) is 1. The van der Waals surface area contributed by atoms with Crippen LogP contribution in [0.25, 0.3) is 11.4 Å². The molecule has 2 aromatic rings. The average molecular weight is 300 g/mol. The zero-order valence-corrected chi connectivity index (χ0v) is 11.4. The van der Waals surface area contributed by atoms with E-state index in [9.17, 15) is 18.9 Å². The van der Waals surface area contributed by atoms with Crippen molar-refractivity contribution in [3.05, 3.63) is 38.7 Å². The van der Waals surface area contributed by atoms with Gasteiger partial charge in [0.15, 0.2) is 22.2 Å². The maximum absolute atomic E-state index is 13.4. The highest BCUT2D eigenvalue weighted by atomic mass is 32.1. The summed E-state index contributed by atoms with van der Waals surface area (Å²) in [5.74, 6) is -2.38. The first-order valence-electron chi connectivity index (χ1n) is 5.63. The van der Waals surface area contributed by atoms with Gasteiger partial charge in [-0.1, -0.05) is 0 Å². The number of hydrogen-bond acceptors (Lipinski definition) is 4. The molecule has 0 unspecified atom stereocenters. The molecule has 0 spiro atoms. The molecule has 0 bridgehead atoms. The predicted octanol–water partition coefficient (Wildman–Crippen LogP) is 3.37. The molecular weight excluding hydrogens is 290 g/mol. The van der Waals surface area contributed by atoms with E-state index in [2.05, 4.69) is 10.2 Å². The number of H-pyrrole nitrogens is 1. The highest BCUT2D eigenvalue weighted by Crippen LogP contribution is 2.32. The number of rotatable bonds is 3. The number of aromatic nitrogens is 3. The molecule has 9 heteroatoms. The average Bonchev–Trinajstić information content (AvgIpc) is 2.73. The van der Waals surface area contributed by atoms with Crippen molar-refractivity contribution in [3.63, 3.8) is 0 Å². The second-order valence-corrected chi connectivity index (χ2v) is 4.74. The molecule has 0 fully saturated rings. The summed E-state index contributed by atoms with van der Waals surface area (Å²) in [6.07, 6.45) is 0. The quantitative estimate of drug-likeness (QED) is 0.535. The number of nitro groups is 1. The Hall–Kier alpha value is -2.16. The fourth-order valence-electron chi connectivity index (χ4n) is 1.84. The van der Waals surface area contributed by atoms with Gasteiger partial charge in [0, 0.05) is 6.04 Å². The number of nitrogens with zero attached hydrogens (tertiary/aromatic N) is 3. The minimum Gasteiger partial charge on any atom is -0.297 e. The molecule has 2 rings (SSSR count). The number of aromatic amines is 1. The fraction of sp³-hybridized carbons (Fsp3) is 0.273. The molecule has 6 nitrogen and oxygen atoms in total. The monoisotopic (exact) mass is 300 g/mol. The Kier molecular flexibility index (Phi) is 3.62. The third-order valence-electron chi connectivity index (χ3n) is 2.70. The second kappa shape index (κ2) is 5.08. The maximum Gasteiger partial charge on any atom is 0.283 e. The van der Waals surface area contributed by atoms with E-state index >= 15 is 0 Å². The highest BCUT2D eigenvalue weighted by Gasteiger charge is 2.24. The summed E-state index contributed by atoms with van der Waals surface area (Å²) in [6.45, 7) is 3.58. The van der Waals surface area contributed by atoms with E-state index < -0.39 is 22.2 Å². The van der Waals surface area contributed by atoms with Crippen LogP contribution in [0.5, 0.6) is 0 Å². The largest absolute Gasteiger partial charge is 0.297 e. The van der Waals surface area contributed by atoms with Crippen molar-refractivity contribution >= 4 is 17.9 Å². The van der Waals surface area contributed by atoms with Crippen molar-refractivity contribution in [2.75, 3.05) is 0 Å². The van der Waals surface area contributed by atoms with E-state index in [-0.39, 0.29) is 22.2 Å². The van der Waals surface area contributed by atoms with E-state index in [1.54, 1.807) is 13.8 Å². The minimum atomic E-state index is -1.29. The van der Waals surface area contributed by atoms with Gasteiger partial charge in [-0.05, 0) is 32.1 Å². The molecule has 1 aromatic heterocycles. The lowest BCUT2D eigenvalue weighted by Crippen LogP contribution is -2.05. The van der Waals surface area contributed by atoms with E-state index in [1.807, 2.05) is 0 Å². The maximum atomic E-state index is 13.4. The first kappa shape index (κ1) is 14.3. The number of hydrogen-bond donors (Lipinski definition) is 1. The molecule has 20 heavy (non-hydrogen) atoms. The van der Waals surface area contributed by atoms with E-state index in [0.717, 1.165) is 6.07 Å². The zero-order chi connectivity index (χ0) is 15.0. The molecule has 0 aliphatic carbocycles. The normalized spacial score (nSPS) is 11.1. The summed E-state index contributed by atoms with van der Waals surface area (Å²) in [5.41, 5.74) is -0.699. The van der Waals surface area contributed by atoms with Crippen LogP contribution in [0.1, 0.15) is 19.9 Å². The van der Waals surface area contributed by atoms with Crippen LogP contribution in [-0.4, -0.2) is 19.7 Å². The van der Waals surface area contributed by atoms with Gasteiger partial charge in [0.2, 0.25) is 0 Å². The van der Waals surface area contributed by atoms with Gasteiger partial charge < -0.3 is 0 Å². The van der Waals surface area contributed by atoms with Gasteiger partial charge in [-0.25, -0.2) is 8.78 Å². The Labute approximate surface area is 117 Å². The molecule has 1 N–H and O–H groups in total. The Morgan fingerprint density at radius 1 is 1.40 bits per heavy atom. The highest BCUT2D eigenvalue weighted by molar-refractivity contribution is 7.71. The van der Waals surface area contributed by atoms with Crippen LogP contribution in [0.4, 0.5) is 14.5 Å². The SMILES string of the molecule is CC(C)n1c(-c2cc(F)c(F)cc2[N+](=O)[O-])n[nH]c1=S. The summed E-state index contributed by atoms with van der Waals surface area (Å²) in [5, 5.41) is 17.4. The summed E-state index contributed by atoms with van der Waals surface area (Å²) in [7, 11) is 0. The molecule has 106 valence electrons. The van der Waals surface area contributed by atoms with Crippen LogP contribution in [-0.2, 0) is 0 Å². The predicted molar refractivity (Wildman–Crippen MR) is 69.8 cm³/mol. The van der Waals surface area contributed by atoms with Gasteiger partial charge in [0.25, 0.3) is 5.69 Å². The van der Waals surface area contributed by atoms with Crippen molar-refractivity contribution in [2.24, 2.45) is 0 Å². The minimum absolute atomic E-state index is 0.0931. The van der Waals surface area contributed by atoms with Crippen molar-refractivity contribution in [1.29, 1.82) is 0 Å². The van der Waals surface area contributed by atoms with Crippen molar-refractivity contribution < 1.29 is 13.7 Å². The molecule has 0 saturated heterocycles. The fourth-order valence-corrected chi connectivity index (χ4v) is 2.18. The summed E-state index contributed by atoms with van der Waals surface area (Å²) in [6, 6.07) is 1.13. The lowest BCUT2D eigenvalue weighted by molar-refractivity contribution is -0.384. The molecule has 0 amide bonds. The van der Waals surface area contributed by atoms with Crippen molar-refractivity contribution in [2.45, 2.75) is 19.9 Å². The lowest BCUT2D eigenvalue weighted by atomic mass is 10.1. The summed E-state index contributed by atoms with van der Waals surface area (Å²) < 4.78 is 28.3. The topological polar surface area (TPSA) is 76.8 Å². The van der Waals surface area contributed by atoms with Crippen LogP contribution < -0.4 is 0 Å². The van der Waals surface area contributed by atoms with Crippen LogP contribution in [0.3, 0.4) is 0 Å². The molecule has 0 radical (unpaired) electrons. The van der Waals surface area contributed by atoms with Gasteiger partial charge in [-0.2, -0.15) is 5.10 Å². The Bertz CT molecular complexity index is 739. The molecule has 1 heterocycles. The van der Waals surface area contributed by atoms with Crippen molar-refractivity contribution in [3.8, 4) is 11.4 Å². The summed E-state index contributed by atoms with van der Waals surface area (Å²) >= 11 is 5.02. The van der Waals surface area contributed by atoms with Gasteiger partial charge >= 0.3 is 0 Å². The Balaban J connectivity index is 2.79. The van der Waals surface area contributed by atoms with E-state index in [1.165, 1.54) is 4.57 Å². The standard InChI is InChI=1S/C11H10F2N4O2S/c1-5(2)16-10(14-15-11(16)20)6-3-7(12)8(13)4-9(6)17(18)19/h3-5H,1-2H3,(H,15,20). The first-order valence-corrected chi connectivity index (χ1v) is 6.04. The van der Waals surface area contributed by atoms with Crippen LogP contribution >= 0.6 is 12.2 Å². The first-order chi connectivity index (χ1) is 9.32. The molecule has 0 saturated carbocycles. The van der Waals surface area contributed by atoms with E-state index in [0.29, 0.717) is 6.07 Å². The molecule has 0 atom stereocenters. The number of halogens is 2. The van der Waals surface area contributed by atoms with Gasteiger partial charge in [0.05, 0.1) is 11.0 Å². The molecule has 1 aromatic carbocycles. The van der Waals surface area contributed by atoms with Gasteiger partial charge in [-0.15, -0.1) is 0 Å². The Morgan fingerprint density at radius 2 is 2.00 bits per heavy atom. The molecule has 0 aliphatic rings. The van der Waals surface area contributed by atoms with E-state index in [4.69, 9.17) is 12.2 Å². The van der Waals surface area contributed by atoms with Crippen LogP contribution in [0.2, 0.25) is 0 Å². The zero-order valence-electron chi connectivity index (χ0n) is 10.6. The van der Waals surface area contributed by atoms with Crippen molar-refractivity contribution in [1.82, 2.24) is 14.8 Å². The summed E-state index contributed by atoms with van der Waals surface area (Å²) in [4.78, 5) is 10.2. The smallest absolute Gasteiger partial charge is 0.283 e. The Morgan fingerprint density at radius 3 is 2.55 bits per heavy atom. The molecular formula is C11H10F2N4O2S. The molecule has 0 aliphatic heterocycles. The van der Waals surface area contributed by atoms with Crippen LogP contribution in [0.15, 0.2) is 12.1 Å². The van der Waals surface area contributed by atoms with Gasteiger partial charge in [0.1, 0.15) is 5.56 Å². The second-order valence-electron chi connectivity index (χ2n) is 4.36. The third-order valence-corrected chi connectivity index (χ3v) is 2.99. The van der Waals surface area contributed by atoms with Gasteiger partial charge in [-0.3, -0.25) is 19.8 Å². The lowest BCUT2D eigenvalue weighted by Gasteiger charge is -2.10. The van der Waals surface area contributed by atoms with Crippen LogP contribution in [0, 0.1) is 26.5 Å². The number of nitro benzene ring substituents is 1. The third kappa shape index (κ3) is 2.31. The number of benzene rings is 1.